The summed E-state index contributed by atoms with van der Waals surface area (Å²) in [7, 11) is 0. The third kappa shape index (κ3) is 11.9. The molecule has 10 heteroatoms. The minimum atomic E-state index is -1.18. The minimum Gasteiger partial charge on any atom is -0.491 e. The van der Waals surface area contributed by atoms with Crippen molar-refractivity contribution >= 4 is 23.7 Å². The quantitative estimate of drug-likeness (QED) is 0.118. The van der Waals surface area contributed by atoms with Crippen LogP contribution in [0.1, 0.15) is 70.1 Å². The van der Waals surface area contributed by atoms with Gasteiger partial charge in [0, 0.05) is 13.0 Å². The van der Waals surface area contributed by atoms with Crippen LogP contribution in [0.25, 0.3) is 0 Å². The number of carbonyl (C=O) groups excluding carboxylic acids is 2. The molecule has 41 heavy (non-hydrogen) atoms. The van der Waals surface area contributed by atoms with Gasteiger partial charge in [-0.3, -0.25) is 14.6 Å². The number of hydrogen-bond donors (Lipinski definition) is 5. The molecule has 2 aromatic rings. The normalized spacial score (nSPS) is 13.2. The van der Waals surface area contributed by atoms with Crippen molar-refractivity contribution in [1.29, 1.82) is 0 Å². The predicted molar refractivity (Wildman–Crippen MR) is 161 cm³/mol. The third-order valence-electron chi connectivity index (χ3n) is 6.44. The highest BCUT2D eigenvalue weighted by Gasteiger charge is 2.28. The molecule has 0 bridgehead atoms. The maximum Gasteiger partial charge on any atom is 0.326 e. The molecular formula is C31H45N5O5. The van der Waals surface area contributed by atoms with E-state index in [0.29, 0.717) is 18.1 Å². The van der Waals surface area contributed by atoms with Gasteiger partial charge >= 0.3 is 5.97 Å². The number of aliphatic carboxylic acids is 1. The first-order chi connectivity index (χ1) is 19.3. The van der Waals surface area contributed by atoms with E-state index in [2.05, 4.69) is 29.5 Å². The summed E-state index contributed by atoms with van der Waals surface area (Å²) in [5.74, 6) is -1.50. The summed E-state index contributed by atoms with van der Waals surface area (Å²) in [4.78, 5) is 42.4. The molecule has 0 saturated carbocycles. The molecule has 0 aromatic heterocycles. The standard InChI is InChI=1S/C31H45N5O5/c1-19(2)17-22-8-12-24(13-9-22)21(5)28(37)36-27(18-23-10-14-25(15-11-23)41-20(3)4)29(38)35-26(30(39)40)7-6-16-34-31(32)33/h8-15,19-21,26-27H,6-7,16-18H2,1-5H3,(H,35,38)(H,36,37)(H,39,40)(H4,32,33,34). The van der Waals surface area contributed by atoms with Gasteiger partial charge in [0.2, 0.25) is 11.8 Å². The Morgan fingerprint density at radius 2 is 1.39 bits per heavy atom. The number of nitrogens with two attached hydrogens (primary N) is 2. The molecule has 0 radical (unpaired) electrons. The zero-order chi connectivity index (χ0) is 30.5. The Morgan fingerprint density at radius 1 is 0.829 bits per heavy atom. The van der Waals surface area contributed by atoms with Crippen molar-refractivity contribution in [3.05, 3.63) is 65.2 Å². The van der Waals surface area contributed by atoms with Crippen LogP contribution in [0.15, 0.2) is 53.5 Å². The van der Waals surface area contributed by atoms with Crippen molar-refractivity contribution in [2.45, 2.75) is 84.4 Å². The Bertz CT molecular complexity index is 1160. The van der Waals surface area contributed by atoms with Crippen LogP contribution in [0, 0.1) is 5.92 Å². The fourth-order valence-electron chi connectivity index (χ4n) is 4.32. The lowest BCUT2D eigenvalue weighted by Gasteiger charge is -2.23. The number of carboxylic acid groups (broad SMARTS) is 1. The van der Waals surface area contributed by atoms with Gasteiger partial charge in [0.05, 0.1) is 12.0 Å². The van der Waals surface area contributed by atoms with E-state index in [1.165, 1.54) is 5.56 Å². The number of guanidine groups is 1. The molecule has 7 N–H and O–H groups in total. The molecular weight excluding hydrogens is 522 g/mol. The van der Waals surface area contributed by atoms with Gasteiger partial charge in [-0.2, -0.15) is 0 Å². The first-order valence-electron chi connectivity index (χ1n) is 14.1. The summed E-state index contributed by atoms with van der Waals surface area (Å²) >= 11 is 0. The van der Waals surface area contributed by atoms with Crippen molar-refractivity contribution in [2.75, 3.05) is 6.54 Å². The molecule has 3 unspecified atom stereocenters. The number of rotatable bonds is 16. The van der Waals surface area contributed by atoms with E-state index in [1.807, 2.05) is 50.2 Å². The summed E-state index contributed by atoms with van der Waals surface area (Å²) in [5.41, 5.74) is 13.5. The summed E-state index contributed by atoms with van der Waals surface area (Å²) in [6.45, 7) is 10.2. The minimum absolute atomic E-state index is 0.0135. The van der Waals surface area contributed by atoms with E-state index in [-0.39, 0.29) is 37.4 Å². The number of nitrogens with one attached hydrogen (secondary N) is 2. The SMILES string of the molecule is CC(C)Cc1ccc(C(C)C(=O)NC(Cc2ccc(OC(C)C)cc2)C(=O)NC(CCCN=C(N)N)C(=O)O)cc1. The van der Waals surface area contributed by atoms with Crippen molar-refractivity contribution in [2.24, 2.45) is 22.4 Å². The monoisotopic (exact) mass is 567 g/mol. The Morgan fingerprint density at radius 3 is 1.93 bits per heavy atom. The summed E-state index contributed by atoms with van der Waals surface area (Å²) in [5, 5.41) is 15.1. The maximum absolute atomic E-state index is 13.4. The molecule has 0 spiro atoms. The zero-order valence-electron chi connectivity index (χ0n) is 24.7. The van der Waals surface area contributed by atoms with Crippen LogP contribution in [0.3, 0.4) is 0 Å². The molecule has 0 aliphatic heterocycles. The third-order valence-corrected chi connectivity index (χ3v) is 6.44. The second kappa shape index (κ2) is 16.2. The number of hydrogen-bond acceptors (Lipinski definition) is 5. The lowest BCUT2D eigenvalue weighted by molar-refractivity contribution is -0.142. The molecule has 0 heterocycles. The average Bonchev–Trinajstić information content (AvgIpc) is 2.90. The first-order valence-corrected chi connectivity index (χ1v) is 14.1. The molecule has 10 nitrogen and oxygen atoms in total. The van der Waals surface area contributed by atoms with Crippen molar-refractivity contribution in [3.63, 3.8) is 0 Å². The van der Waals surface area contributed by atoms with E-state index in [9.17, 15) is 19.5 Å². The largest absolute Gasteiger partial charge is 0.491 e. The number of benzene rings is 2. The second-order valence-electron chi connectivity index (χ2n) is 11.0. The van der Waals surface area contributed by atoms with Crippen molar-refractivity contribution < 1.29 is 24.2 Å². The molecule has 3 atom stereocenters. The summed E-state index contributed by atoms with van der Waals surface area (Å²) < 4.78 is 5.70. The van der Waals surface area contributed by atoms with Crippen LogP contribution in [0.2, 0.25) is 0 Å². The lowest BCUT2D eigenvalue weighted by atomic mass is 9.95. The number of aliphatic imine (C=N–C) groups is 1. The van der Waals surface area contributed by atoms with E-state index in [0.717, 1.165) is 17.5 Å². The molecule has 0 saturated heterocycles. The fourth-order valence-corrected chi connectivity index (χ4v) is 4.32. The molecule has 2 rings (SSSR count). The first kappa shape index (κ1) is 33.1. The predicted octanol–water partition coefficient (Wildman–Crippen LogP) is 3.13. The van der Waals surface area contributed by atoms with E-state index in [4.69, 9.17) is 16.2 Å². The Balaban J connectivity index is 2.20. The Kier molecular flexibility index (Phi) is 13.1. The number of ether oxygens (including phenoxy) is 1. The van der Waals surface area contributed by atoms with Gasteiger partial charge in [-0.25, -0.2) is 4.79 Å². The maximum atomic E-state index is 13.4. The summed E-state index contributed by atoms with van der Waals surface area (Å²) in [6.07, 6.45) is 1.60. The molecule has 0 aliphatic carbocycles. The van der Waals surface area contributed by atoms with Crippen LogP contribution in [-0.4, -0.2) is 53.6 Å². The van der Waals surface area contributed by atoms with Gasteiger partial charge in [-0.05, 0) is 74.8 Å². The van der Waals surface area contributed by atoms with Crippen LogP contribution < -0.4 is 26.8 Å². The van der Waals surface area contributed by atoms with Gasteiger partial charge in [0.15, 0.2) is 5.96 Å². The topological polar surface area (TPSA) is 169 Å². The van der Waals surface area contributed by atoms with E-state index < -0.39 is 29.9 Å². The molecule has 0 aliphatic rings. The molecule has 2 aromatic carbocycles. The van der Waals surface area contributed by atoms with Gasteiger partial charge in [0.25, 0.3) is 0 Å². The number of nitrogens with zero attached hydrogens (tertiary/aromatic N) is 1. The highest BCUT2D eigenvalue weighted by Crippen LogP contribution is 2.19. The van der Waals surface area contributed by atoms with Crippen molar-refractivity contribution in [3.8, 4) is 5.75 Å². The summed E-state index contributed by atoms with van der Waals surface area (Å²) in [6, 6.07) is 13.0. The molecule has 224 valence electrons. The molecule has 2 amide bonds. The van der Waals surface area contributed by atoms with Gasteiger partial charge in [-0.15, -0.1) is 0 Å². The van der Waals surface area contributed by atoms with Gasteiger partial charge in [0.1, 0.15) is 17.8 Å². The van der Waals surface area contributed by atoms with E-state index in [1.54, 1.807) is 19.1 Å². The number of carboxylic acids is 1. The average molecular weight is 568 g/mol. The fraction of sp³-hybridized carbons (Fsp3) is 0.484. The van der Waals surface area contributed by atoms with Gasteiger partial charge < -0.3 is 31.9 Å². The van der Waals surface area contributed by atoms with Crippen LogP contribution in [-0.2, 0) is 27.2 Å². The van der Waals surface area contributed by atoms with Gasteiger partial charge in [-0.1, -0.05) is 50.2 Å². The van der Waals surface area contributed by atoms with E-state index >= 15 is 0 Å². The second-order valence-corrected chi connectivity index (χ2v) is 11.0. The molecule has 0 fully saturated rings. The number of carbonyl (C=O) groups is 3. The Hall–Kier alpha value is -4.08. The van der Waals surface area contributed by atoms with Crippen LogP contribution >= 0.6 is 0 Å². The Labute approximate surface area is 242 Å². The highest BCUT2D eigenvalue weighted by atomic mass is 16.5. The number of amides is 2. The van der Waals surface area contributed by atoms with Crippen molar-refractivity contribution in [1.82, 2.24) is 10.6 Å². The lowest BCUT2D eigenvalue weighted by Crippen LogP contribution is -2.53. The highest BCUT2D eigenvalue weighted by molar-refractivity contribution is 5.92. The zero-order valence-corrected chi connectivity index (χ0v) is 24.7. The van der Waals surface area contributed by atoms with Crippen LogP contribution in [0.5, 0.6) is 5.75 Å². The smallest absolute Gasteiger partial charge is 0.326 e. The van der Waals surface area contributed by atoms with Crippen LogP contribution in [0.4, 0.5) is 0 Å².